The van der Waals surface area contributed by atoms with Crippen LogP contribution in [0.25, 0.3) is 11.1 Å². The standard InChI is InChI=1S/C26H24O4S/c27-25(14-19(17-31)26(28)30-15-18-8-2-1-3-9-18)29-16-24-22-12-6-4-10-20(22)21-11-5-7-13-23(21)24/h1-13,19,24,31H,14-17H2/t19-/m0/s1. The Morgan fingerprint density at radius 2 is 1.39 bits per heavy atom. The highest BCUT2D eigenvalue weighted by Crippen LogP contribution is 2.44. The van der Waals surface area contributed by atoms with Crippen LogP contribution in [-0.2, 0) is 25.7 Å². The van der Waals surface area contributed by atoms with Crippen molar-refractivity contribution in [2.24, 2.45) is 5.92 Å². The van der Waals surface area contributed by atoms with Gasteiger partial charge in [-0.05, 0) is 27.8 Å². The van der Waals surface area contributed by atoms with Gasteiger partial charge in [0.1, 0.15) is 13.2 Å². The third-order valence-electron chi connectivity index (χ3n) is 5.56. The van der Waals surface area contributed by atoms with Crippen LogP contribution in [0.15, 0.2) is 78.9 Å². The summed E-state index contributed by atoms with van der Waals surface area (Å²) in [6.45, 7) is 0.417. The van der Waals surface area contributed by atoms with Crippen molar-refractivity contribution < 1.29 is 19.1 Å². The van der Waals surface area contributed by atoms with E-state index in [1.54, 1.807) is 0 Å². The smallest absolute Gasteiger partial charge is 0.310 e. The number of benzene rings is 3. The average Bonchev–Trinajstić information content (AvgIpc) is 3.14. The van der Waals surface area contributed by atoms with Crippen LogP contribution in [-0.4, -0.2) is 24.3 Å². The predicted octanol–water partition coefficient (Wildman–Crippen LogP) is 5.02. The van der Waals surface area contributed by atoms with Gasteiger partial charge in [-0.15, -0.1) is 0 Å². The van der Waals surface area contributed by atoms with Crippen molar-refractivity contribution in [2.45, 2.75) is 18.9 Å². The molecule has 0 aromatic heterocycles. The highest BCUT2D eigenvalue weighted by atomic mass is 32.1. The lowest BCUT2D eigenvalue weighted by atomic mass is 9.98. The topological polar surface area (TPSA) is 52.6 Å². The Labute approximate surface area is 187 Å². The summed E-state index contributed by atoms with van der Waals surface area (Å²) in [5.74, 6) is -1.28. The molecule has 158 valence electrons. The van der Waals surface area contributed by atoms with Crippen LogP contribution >= 0.6 is 12.6 Å². The van der Waals surface area contributed by atoms with Gasteiger partial charge in [-0.2, -0.15) is 12.6 Å². The van der Waals surface area contributed by atoms with Gasteiger partial charge in [0.2, 0.25) is 0 Å². The van der Waals surface area contributed by atoms with Crippen LogP contribution < -0.4 is 0 Å². The Morgan fingerprint density at radius 3 is 2.00 bits per heavy atom. The lowest BCUT2D eigenvalue weighted by Gasteiger charge is -2.16. The normalized spacial score (nSPS) is 13.2. The minimum absolute atomic E-state index is 0.00386. The Balaban J connectivity index is 1.35. The van der Waals surface area contributed by atoms with Crippen molar-refractivity contribution in [1.29, 1.82) is 0 Å². The monoisotopic (exact) mass is 432 g/mol. The lowest BCUT2D eigenvalue weighted by molar-refractivity contribution is -0.155. The summed E-state index contributed by atoms with van der Waals surface area (Å²) in [7, 11) is 0. The second-order valence-corrected chi connectivity index (χ2v) is 7.95. The largest absolute Gasteiger partial charge is 0.465 e. The van der Waals surface area contributed by atoms with E-state index >= 15 is 0 Å². The number of hydrogen-bond acceptors (Lipinski definition) is 5. The predicted molar refractivity (Wildman–Crippen MR) is 123 cm³/mol. The quantitative estimate of drug-likeness (QED) is 0.401. The molecule has 5 heteroatoms. The number of fused-ring (bicyclic) bond motifs is 3. The number of esters is 2. The van der Waals surface area contributed by atoms with Crippen LogP contribution in [0, 0.1) is 5.92 Å². The molecular formula is C26H24O4S. The van der Waals surface area contributed by atoms with Gasteiger partial charge in [0.25, 0.3) is 0 Å². The molecule has 0 saturated heterocycles. The Morgan fingerprint density at radius 1 is 0.806 bits per heavy atom. The third-order valence-corrected chi connectivity index (χ3v) is 6.01. The van der Waals surface area contributed by atoms with E-state index in [0.717, 1.165) is 16.7 Å². The molecule has 1 aliphatic rings. The number of thiol groups is 1. The van der Waals surface area contributed by atoms with Gasteiger partial charge in [-0.1, -0.05) is 78.9 Å². The van der Waals surface area contributed by atoms with Crippen molar-refractivity contribution >= 4 is 24.6 Å². The summed E-state index contributed by atoms with van der Waals surface area (Å²) in [5, 5.41) is 0. The van der Waals surface area contributed by atoms with Crippen molar-refractivity contribution in [1.82, 2.24) is 0 Å². The van der Waals surface area contributed by atoms with E-state index in [0.29, 0.717) is 0 Å². The van der Waals surface area contributed by atoms with E-state index < -0.39 is 17.9 Å². The first-order chi connectivity index (χ1) is 15.2. The Bertz CT molecular complexity index is 1020. The molecule has 0 saturated carbocycles. The highest BCUT2D eigenvalue weighted by molar-refractivity contribution is 7.80. The zero-order chi connectivity index (χ0) is 21.6. The fourth-order valence-corrected chi connectivity index (χ4v) is 4.22. The fourth-order valence-electron chi connectivity index (χ4n) is 3.94. The van der Waals surface area contributed by atoms with Crippen LogP contribution in [0.3, 0.4) is 0 Å². The molecule has 0 radical (unpaired) electrons. The van der Waals surface area contributed by atoms with Gasteiger partial charge in [-0.25, -0.2) is 0 Å². The SMILES string of the molecule is O=C(C[C@@H](CS)C(=O)OCc1ccccc1)OCC1c2ccccc2-c2ccccc21. The van der Waals surface area contributed by atoms with Crippen molar-refractivity contribution in [2.75, 3.05) is 12.4 Å². The molecule has 3 aromatic carbocycles. The summed E-state index contributed by atoms with van der Waals surface area (Å²) >= 11 is 4.23. The summed E-state index contributed by atoms with van der Waals surface area (Å²) in [6.07, 6.45) is -0.0485. The van der Waals surface area contributed by atoms with Crippen molar-refractivity contribution in [3.63, 3.8) is 0 Å². The molecule has 0 spiro atoms. The van der Waals surface area contributed by atoms with Crippen LogP contribution in [0.1, 0.15) is 29.0 Å². The van der Waals surface area contributed by atoms with Gasteiger partial charge in [0, 0.05) is 11.7 Å². The molecule has 0 amide bonds. The number of carbonyl (C=O) groups excluding carboxylic acids is 2. The van der Waals surface area contributed by atoms with Gasteiger partial charge in [0.05, 0.1) is 12.3 Å². The zero-order valence-electron chi connectivity index (χ0n) is 17.1. The van der Waals surface area contributed by atoms with Crippen LogP contribution in [0.2, 0.25) is 0 Å². The fraction of sp³-hybridized carbons (Fsp3) is 0.231. The first-order valence-corrected chi connectivity index (χ1v) is 11.0. The van der Waals surface area contributed by atoms with Gasteiger partial charge < -0.3 is 9.47 Å². The molecule has 0 unspecified atom stereocenters. The summed E-state index contributed by atoms with van der Waals surface area (Å²) in [4.78, 5) is 24.9. The summed E-state index contributed by atoms with van der Waals surface area (Å²) < 4.78 is 11.0. The molecule has 0 fully saturated rings. The summed E-state index contributed by atoms with van der Waals surface area (Å²) in [6, 6.07) is 25.8. The molecule has 0 aliphatic heterocycles. The number of ether oxygens (including phenoxy) is 2. The maximum atomic E-state index is 12.5. The number of carbonyl (C=O) groups is 2. The number of rotatable bonds is 8. The van der Waals surface area contributed by atoms with Crippen molar-refractivity contribution in [3.8, 4) is 11.1 Å². The first kappa shape index (κ1) is 21.2. The molecule has 3 aromatic rings. The van der Waals surface area contributed by atoms with E-state index in [1.807, 2.05) is 54.6 Å². The van der Waals surface area contributed by atoms with Crippen LogP contribution in [0.5, 0.6) is 0 Å². The highest BCUT2D eigenvalue weighted by Gasteiger charge is 2.30. The second kappa shape index (κ2) is 9.84. The molecule has 1 atom stereocenters. The van der Waals surface area contributed by atoms with Gasteiger partial charge in [0.15, 0.2) is 0 Å². The third kappa shape index (κ3) is 4.83. The van der Waals surface area contributed by atoms with E-state index in [1.165, 1.54) is 11.1 Å². The molecule has 4 nitrogen and oxygen atoms in total. The molecule has 0 bridgehead atoms. The van der Waals surface area contributed by atoms with E-state index in [2.05, 4.69) is 36.9 Å². The minimum Gasteiger partial charge on any atom is -0.465 e. The Kier molecular flexibility index (Phi) is 6.73. The second-order valence-electron chi connectivity index (χ2n) is 7.59. The molecular weight excluding hydrogens is 408 g/mol. The van der Waals surface area contributed by atoms with E-state index in [9.17, 15) is 9.59 Å². The van der Waals surface area contributed by atoms with Gasteiger partial charge in [-0.3, -0.25) is 9.59 Å². The maximum Gasteiger partial charge on any atom is 0.310 e. The average molecular weight is 433 g/mol. The maximum absolute atomic E-state index is 12.5. The molecule has 0 N–H and O–H groups in total. The first-order valence-electron chi connectivity index (χ1n) is 10.3. The van der Waals surface area contributed by atoms with Gasteiger partial charge >= 0.3 is 11.9 Å². The zero-order valence-corrected chi connectivity index (χ0v) is 18.0. The minimum atomic E-state index is -0.636. The summed E-state index contributed by atoms with van der Waals surface area (Å²) in [5.41, 5.74) is 5.57. The van der Waals surface area contributed by atoms with Crippen molar-refractivity contribution in [3.05, 3.63) is 95.6 Å². The molecule has 31 heavy (non-hydrogen) atoms. The molecule has 1 aliphatic carbocycles. The Hall–Kier alpha value is -3.05. The lowest BCUT2D eigenvalue weighted by Crippen LogP contribution is -2.24. The van der Waals surface area contributed by atoms with Crippen LogP contribution in [0.4, 0.5) is 0 Å². The van der Waals surface area contributed by atoms with E-state index in [4.69, 9.17) is 9.47 Å². The number of hydrogen-bond donors (Lipinski definition) is 1. The molecule has 4 rings (SSSR count). The molecule has 0 heterocycles. The van der Waals surface area contributed by atoms with E-state index in [-0.39, 0.29) is 31.3 Å².